The smallest absolute Gasteiger partial charge is 0.283 e. The van der Waals surface area contributed by atoms with E-state index >= 15 is 0 Å². The van der Waals surface area contributed by atoms with Crippen LogP contribution in [-0.4, -0.2) is 34.7 Å². The minimum atomic E-state index is -0.136. The summed E-state index contributed by atoms with van der Waals surface area (Å²) in [4.78, 5) is 14.4. The Morgan fingerprint density at radius 2 is 2.14 bits per heavy atom. The molecule has 7 heteroatoms. The molecule has 2 heterocycles. The maximum Gasteiger partial charge on any atom is 0.283 e. The summed E-state index contributed by atoms with van der Waals surface area (Å²) < 4.78 is 16.2. The van der Waals surface area contributed by atoms with Crippen LogP contribution in [0.15, 0.2) is 51.5 Å². The van der Waals surface area contributed by atoms with E-state index in [1.54, 1.807) is 30.2 Å². The van der Waals surface area contributed by atoms with Crippen molar-refractivity contribution >= 4 is 12.0 Å². The molecular weight excluding hydrogens is 358 g/mol. The van der Waals surface area contributed by atoms with Gasteiger partial charge in [-0.05, 0) is 43.7 Å². The zero-order chi connectivity index (χ0) is 19.9. The van der Waals surface area contributed by atoms with Crippen molar-refractivity contribution < 1.29 is 18.4 Å². The summed E-state index contributed by atoms with van der Waals surface area (Å²) in [5.41, 5.74) is 1.94. The van der Waals surface area contributed by atoms with Crippen LogP contribution in [0.3, 0.4) is 0 Å². The molecule has 1 amide bonds. The van der Waals surface area contributed by atoms with Gasteiger partial charge in [-0.15, -0.1) is 10.2 Å². The zero-order valence-corrected chi connectivity index (χ0v) is 16.2. The van der Waals surface area contributed by atoms with Gasteiger partial charge in [0.05, 0.1) is 19.9 Å². The van der Waals surface area contributed by atoms with E-state index in [1.165, 1.54) is 12.3 Å². The third-order valence-electron chi connectivity index (χ3n) is 4.12. The normalized spacial score (nSPS) is 11.1. The van der Waals surface area contributed by atoms with Crippen molar-refractivity contribution in [3.05, 3.63) is 59.7 Å². The summed E-state index contributed by atoms with van der Waals surface area (Å²) in [5.74, 6) is 1.73. The number of hydrogen-bond donors (Lipinski definition) is 0. The predicted octanol–water partition coefficient (Wildman–Crippen LogP) is 4.10. The molecule has 146 valence electrons. The molecule has 3 aromatic rings. The third-order valence-corrected chi connectivity index (χ3v) is 4.12. The number of aryl methyl sites for hydroxylation is 1. The average molecular weight is 381 g/mol. The molecule has 0 N–H and O–H groups in total. The predicted molar refractivity (Wildman–Crippen MR) is 104 cm³/mol. The summed E-state index contributed by atoms with van der Waals surface area (Å²) in [6, 6.07) is 9.31. The molecule has 0 aliphatic heterocycles. The van der Waals surface area contributed by atoms with Gasteiger partial charge in [-0.2, -0.15) is 0 Å². The first-order valence-corrected chi connectivity index (χ1v) is 9.08. The van der Waals surface area contributed by atoms with Gasteiger partial charge in [0.2, 0.25) is 11.8 Å². The van der Waals surface area contributed by atoms with Crippen molar-refractivity contribution in [1.82, 2.24) is 15.1 Å². The van der Waals surface area contributed by atoms with Crippen molar-refractivity contribution in [2.45, 2.75) is 26.8 Å². The molecule has 0 saturated heterocycles. The summed E-state index contributed by atoms with van der Waals surface area (Å²) in [6.07, 6.45) is 5.65. The van der Waals surface area contributed by atoms with E-state index < -0.39 is 0 Å². The number of carbonyl (C=O) groups is 1. The highest BCUT2D eigenvalue weighted by Crippen LogP contribution is 2.22. The van der Waals surface area contributed by atoms with Crippen LogP contribution in [0, 0.1) is 6.92 Å². The second-order valence-electron chi connectivity index (χ2n) is 6.32. The molecule has 28 heavy (non-hydrogen) atoms. The lowest BCUT2D eigenvalue weighted by Gasteiger charge is -2.18. The molecule has 3 rings (SSSR count). The number of rotatable bonds is 8. The number of methoxy groups -OCH3 is 1. The molecular formula is C21H23N3O4. The molecule has 7 nitrogen and oxygen atoms in total. The number of benzene rings is 1. The topological polar surface area (TPSA) is 81.6 Å². The minimum Gasteiger partial charge on any atom is -0.496 e. The molecule has 0 atom stereocenters. The van der Waals surface area contributed by atoms with Crippen LogP contribution in [0.4, 0.5) is 0 Å². The van der Waals surface area contributed by atoms with Gasteiger partial charge in [-0.3, -0.25) is 4.79 Å². The molecule has 0 aliphatic carbocycles. The first-order valence-electron chi connectivity index (χ1n) is 9.08. The first-order chi connectivity index (χ1) is 13.6. The molecule has 0 saturated carbocycles. The fourth-order valence-corrected chi connectivity index (χ4v) is 2.77. The van der Waals surface area contributed by atoms with Crippen molar-refractivity contribution in [2.75, 3.05) is 13.7 Å². The lowest BCUT2D eigenvalue weighted by Crippen LogP contribution is -2.29. The molecule has 0 spiro atoms. The lowest BCUT2D eigenvalue weighted by molar-refractivity contribution is -0.126. The fraction of sp³-hybridized carbons (Fsp3) is 0.286. The maximum atomic E-state index is 12.7. The molecule has 0 radical (unpaired) electrons. The first kappa shape index (κ1) is 19.4. The largest absolute Gasteiger partial charge is 0.496 e. The Hall–Kier alpha value is -3.35. The Bertz CT molecular complexity index is 944. The highest BCUT2D eigenvalue weighted by Gasteiger charge is 2.17. The maximum absolute atomic E-state index is 12.7. The molecule has 0 bridgehead atoms. The Morgan fingerprint density at radius 1 is 1.29 bits per heavy atom. The number of ether oxygens (including phenoxy) is 1. The Labute approximate surface area is 163 Å². The van der Waals surface area contributed by atoms with Crippen molar-refractivity contribution in [1.29, 1.82) is 0 Å². The summed E-state index contributed by atoms with van der Waals surface area (Å²) in [6.45, 7) is 4.81. The van der Waals surface area contributed by atoms with Crippen LogP contribution in [-0.2, 0) is 11.3 Å². The van der Waals surface area contributed by atoms with E-state index in [0.29, 0.717) is 24.1 Å². The highest BCUT2D eigenvalue weighted by molar-refractivity contribution is 5.92. The lowest BCUT2D eigenvalue weighted by atomic mass is 10.1. The average Bonchev–Trinajstić information content (AvgIpc) is 3.37. The van der Waals surface area contributed by atoms with E-state index in [4.69, 9.17) is 13.6 Å². The van der Waals surface area contributed by atoms with Gasteiger partial charge < -0.3 is 18.5 Å². The number of hydrogen-bond acceptors (Lipinski definition) is 6. The summed E-state index contributed by atoms with van der Waals surface area (Å²) in [5, 5.41) is 7.99. The summed E-state index contributed by atoms with van der Waals surface area (Å²) in [7, 11) is 1.61. The Balaban J connectivity index is 1.73. The second-order valence-corrected chi connectivity index (χ2v) is 6.32. The zero-order valence-electron chi connectivity index (χ0n) is 16.2. The van der Waals surface area contributed by atoms with Gasteiger partial charge in [-0.1, -0.05) is 18.6 Å². The summed E-state index contributed by atoms with van der Waals surface area (Å²) >= 11 is 0. The molecule has 1 aromatic carbocycles. The Kier molecular flexibility index (Phi) is 6.26. The van der Waals surface area contributed by atoms with Gasteiger partial charge in [0, 0.05) is 18.2 Å². The van der Waals surface area contributed by atoms with E-state index in [2.05, 4.69) is 10.2 Å². The van der Waals surface area contributed by atoms with Crippen molar-refractivity contribution in [3.63, 3.8) is 0 Å². The number of amides is 1. The van der Waals surface area contributed by atoms with Crippen LogP contribution in [0.2, 0.25) is 0 Å². The van der Waals surface area contributed by atoms with Gasteiger partial charge >= 0.3 is 0 Å². The van der Waals surface area contributed by atoms with Gasteiger partial charge in [-0.25, -0.2) is 0 Å². The molecule has 0 aliphatic rings. The van der Waals surface area contributed by atoms with Gasteiger partial charge in [0.1, 0.15) is 5.75 Å². The van der Waals surface area contributed by atoms with Crippen LogP contribution < -0.4 is 4.74 Å². The van der Waals surface area contributed by atoms with Crippen molar-refractivity contribution in [3.8, 4) is 17.4 Å². The standard InChI is InChI=1S/C21H23N3O4/c1-4-11-24(14-19-22-23-21(28-19)18-6-5-12-27-18)20(25)10-8-16-13-15(2)7-9-17(16)26-3/h5-10,12-13H,4,11,14H2,1-3H3/b10-8+. The third kappa shape index (κ3) is 4.68. The van der Waals surface area contributed by atoms with Crippen LogP contribution in [0.25, 0.3) is 17.7 Å². The SMILES string of the molecule is CCCN(Cc1nnc(-c2ccco2)o1)C(=O)/C=C/c1cc(C)ccc1OC. The van der Waals surface area contributed by atoms with Crippen LogP contribution in [0.5, 0.6) is 5.75 Å². The molecule has 0 unspecified atom stereocenters. The van der Waals surface area contributed by atoms with E-state index in [9.17, 15) is 4.79 Å². The molecule has 0 fully saturated rings. The van der Waals surface area contributed by atoms with Crippen LogP contribution in [0.1, 0.15) is 30.4 Å². The minimum absolute atomic E-state index is 0.136. The van der Waals surface area contributed by atoms with Gasteiger partial charge in [0.15, 0.2) is 5.76 Å². The monoisotopic (exact) mass is 381 g/mol. The second kappa shape index (κ2) is 9.03. The number of carbonyl (C=O) groups excluding carboxylic acids is 1. The van der Waals surface area contributed by atoms with Crippen LogP contribution >= 0.6 is 0 Å². The van der Waals surface area contributed by atoms with Crippen molar-refractivity contribution in [2.24, 2.45) is 0 Å². The quantitative estimate of drug-likeness (QED) is 0.547. The Morgan fingerprint density at radius 3 is 2.86 bits per heavy atom. The van der Waals surface area contributed by atoms with Gasteiger partial charge in [0.25, 0.3) is 5.89 Å². The highest BCUT2D eigenvalue weighted by atomic mass is 16.5. The number of furan rings is 1. The number of nitrogens with zero attached hydrogens (tertiary/aromatic N) is 3. The molecule has 2 aromatic heterocycles. The van der Waals surface area contributed by atoms with E-state index in [0.717, 1.165) is 23.3 Å². The fourth-order valence-electron chi connectivity index (χ4n) is 2.77. The van der Waals surface area contributed by atoms with E-state index in [1.807, 2.05) is 32.0 Å². The van der Waals surface area contributed by atoms with E-state index in [-0.39, 0.29) is 12.5 Å². The number of aromatic nitrogens is 2.